The summed E-state index contributed by atoms with van der Waals surface area (Å²) in [5, 5.41) is 11.0. The Balaban J connectivity index is 2.65. The van der Waals surface area contributed by atoms with E-state index in [2.05, 4.69) is 16.1 Å². The second-order valence-electron chi connectivity index (χ2n) is 4.80. The molecule has 1 atom stereocenters. The third-order valence-electron chi connectivity index (χ3n) is 3.02. The summed E-state index contributed by atoms with van der Waals surface area (Å²) in [4.78, 5) is 23.4. The second kappa shape index (κ2) is 9.35. The molecule has 1 N–H and O–H groups in total. The van der Waals surface area contributed by atoms with Crippen molar-refractivity contribution in [2.24, 2.45) is 0 Å². The molecule has 0 spiro atoms. The Morgan fingerprint density at radius 3 is 2.91 bits per heavy atom. The number of ether oxygens (including phenoxy) is 1. The van der Waals surface area contributed by atoms with Crippen molar-refractivity contribution in [1.82, 2.24) is 5.32 Å². The van der Waals surface area contributed by atoms with E-state index >= 15 is 0 Å². The number of amides is 1. The highest BCUT2D eigenvalue weighted by molar-refractivity contribution is 5.97. The van der Waals surface area contributed by atoms with Gasteiger partial charge in [0.2, 0.25) is 0 Å². The molecule has 22 heavy (non-hydrogen) atoms. The lowest BCUT2D eigenvalue weighted by Crippen LogP contribution is -2.39. The van der Waals surface area contributed by atoms with Gasteiger partial charge >= 0.3 is 5.97 Å². The van der Waals surface area contributed by atoms with Gasteiger partial charge in [-0.05, 0) is 37.5 Å². The van der Waals surface area contributed by atoms with E-state index in [-0.39, 0.29) is 5.91 Å². The molecule has 1 aromatic carbocycles. The van der Waals surface area contributed by atoms with Gasteiger partial charge in [0.05, 0.1) is 13.2 Å². The molecule has 116 valence electrons. The van der Waals surface area contributed by atoms with Gasteiger partial charge < -0.3 is 10.1 Å². The summed E-state index contributed by atoms with van der Waals surface area (Å²) in [6, 6.07) is 8.52. The lowest BCUT2D eigenvalue weighted by molar-refractivity contribution is -0.142. The van der Waals surface area contributed by atoms with E-state index in [9.17, 15) is 9.59 Å². The monoisotopic (exact) mass is 300 g/mol. The molecule has 0 aliphatic carbocycles. The van der Waals surface area contributed by atoms with Crippen molar-refractivity contribution in [2.45, 2.75) is 32.2 Å². The fourth-order valence-electron chi connectivity index (χ4n) is 1.82. The van der Waals surface area contributed by atoms with Gasteiger partial charge in [-0.2, -0.15) is 5.26 Å². The lowest BCUT2D eigenvalue weighted by Gasteiger charge is -2.11. The molecule has 1 amide bonds. The largest absolute Gasteiger partial charge is 0.467 e. The van der Waals surface area contributed by atoms with Crippen molar-refractivity contribution in [3.05, 3.63) is 41.5 Å². The molecule has 0 aromatic heterocycles. The summed E-state index contributed by atoms with van der Waals surface area (Å²) >= 11 is 0. The van der Waals surface area contributed by atoms with Crippen LogP contribution in [0.2, 0.25) is 0 Å². The summed E-state index contributed by atoms with van der Waals surface area (Å²) in [7, 11) is 1.28. The molecule has 0 saturated carbocycles. The first kappa shape index (κ1) is 17.4. The average Bonchev–Trinajstić information content (AvgIpc) is 2.54. The first-order valence-corrected chi connectivity index (χ1v) is 7.10. The summed E-state index contributed by atoms with van der Waals surface area (Å²) < 4.78 is 4.57. The number of benzene rings is 1. The number of unbranched alkanes of at least 4 members (excludes halogenated alkanes) is 2. The summed E-state index contributed by atoms with van der Waals surface area (Å²) in [6.07, 6.45) is 6.08. The van der Waals surface area contributed by atoms with E-state index in [0.29, 0.717) is 12.0 Å². The smallest absolute Gasteiger partial charge is 0.328 e. The molecular weight excluding hydrogens is 280 g/mol. The fourth-order valence-corrected chi connectivity index (χ4v) is 1.82. The predicted octanol–water partition coefficient (Wildman–Crippen LogP) is 2.68. The van der Waals surface area contributed by atoms with Crippen LogP contribution in [0.3, 0.4) is 0 Å². The number of hydrogen-bond donors (Lipinski definition) is 1. The van der Waals surface area contributed by atoms with Crippen LogP contribution in [0, 0.1) is 11.3 Å². The quantitative estimate of drug-likeness (QED) is 0.620. The van der Waals surface area contributed by atoms with Crippen molar-refractivity contribution in [1.29, 1.82) is 5.26 Å². The van der Waals surface area contributed by atoms with E-state index in [0.717, 1.165) is 18.4 Å². The summed E-state index contributed by atoms with van der Waals surface area (Å²) in [5.74, 6) is -0.806. The number of rotatable bonds is 7. The predicted molar refractivity (Wildman–Crippen MR) is 83.9 cm³/mol. The number of nitrogens with one attached hydrogen (secondary N) is 1. The number of carbonyl (C=O) groups excluding carboxylic acids is 2. The van der Waals surface area contributed by atoms with Crippen molar-refractivity contribution >= 4 is 18.0 Å². The topological polar surface area (TPSA) is 79.2 Å². The molecule has 0 radical (unpaired) electrons. The maximum Gasteiger partial charge on any atom is 0.328 e. The highest BCUT2D eigenvalue weighted by atomic mass is 16.5. The molecule has 0 bridgehead atoms. The van der Waals surface area contributed by atoms with Gasteiger partial charge in [0.15, 0.2) is 0 Å². The SMILES string of the molecule is COC(=O)C(C)NC(=O)c1cccc(/C=C/CCCC#N)c1. The first-order chi connectivity index (χ1) is 10.6. The third kappa shape index (κ3) is 5.80. The molecule has 5 nitrogen and oxygen atoms in total. The Hall–Kier alpha value is -2.61. The molecule has 0 aliphatic heterocycles. The maximum atomic E-state index is 12.1. The van der Waals surface area contributed by atoms with E-state index in [1.165, 1.54) is 7.11 Å². The van der Waals surface area contributed by atoms with Gasteiger partial charge in [-0.15, -0.1) is 0 Å². The Morgan fingerprint density at radius 2 is 2.23 bits per heavy atom. The number of nitrogens with zero attached hydrogens (tertiary/aromatic N) is 1. The van der Waals surface area contributed by atoms with E-state index in [1.807, 2.05) is 18.2 Å². The molecular formula is C17H20N2O3. The fraction of sp³-hybridized carbons (Fsp3) is 0.353. The molecule has 1 unspecified atom stereocenters. The van der Waals surface area contributed by atoms with E-state index in [4.69, 9.17) is 5.26 Å². The molecule has 5 heteroatoms. The first-order valence-electron chi connectivity index (χ1n) is 7.10. The minimum absolute atomic E-state index is 0.322. The number of esters is 1. The normalized spacial score (nSPS) is 11.7. The number of carbonyl (C=O) groups is 2. The molecule has 1 rings (SSSR count). The lowest BCUT2D eigenvalue weighted by atomic mass is 10.1. The van der Waals surface area contributed by atoms with Crippen molar-refractivity contribution in [2.75, 3.05) is 7.11 Å². The molecule has 0 heterocycles. The molecule has 0 aliphatic rings. The van der Waals surface area contributed by atoms with Crippen LogP contribution in [0.4, 0.5) is 0 Å². The standard InChI is InChI=1S/C17H20N2O3/c1-13(17(21)22-2)19-16(20)15-10-7-9-14(12-15)8-5-3-4-6-11-18/h5,7-10,12-13H,3-4,6H2,1-2H3,(H,19,20)/b8-5+. The number of hydrogen-bond acceptors (Lipinski definition) is 4. The van der Waals surface area contributed by atoms with Crippen LogP contribution in [0.5, 0.6) is 0 Å². The van der Waals surface area contributed by atoms with E-state index < -0.39 is 12.0 Å². The van der Waals surface area contributed by atoms with Gasteiger partial charge in [0.25, 0.3) is 5.91 Å². The van der Waals surface area contributed by atoms with Crippen molar-refractivity contribution < 1.29 is 14.3 Å². The van der Waals surface area contributed by atoms with Gasteiger partial charge in [-0.1, -0.05) is 24.3 Å². The van der Waals surface area contributed by atoms with Crippen LogP contribution in [0.15, 0.2) is 30.3 Å². The second-order valence-corrected chi connectivity index (χ2v) is 4.80. The Bertz CT molecular complexity index is 588. The zero-order valence-corrected chi connectivity index (χ0v) is 12.8. The molecule has 1 aromatic rings. The number of methoxy groups -OCH3 is 1. The maximum absolute atomic E-state index is 12.1. The number of allylic oxidation sites excluding steroid dienone is 1. The van der Waals surface area contributed by atoms with Gasteiger partial charge in [-0.25, -0.2) is 4.79 Å². The Kier molecular flexibility index (Phi) is 7.41. The highest BCUT2D eigenvalue weighted by Crippen LogP contribution is 2.09. The van der Waals surface area contributed by atoms with Crippen LogP contribution in [0.1, 0.15) is 42.1 Å². The van der Waals surface area contributed by atoms with Crippen LogP contribution in [-0.2, 0) is 9.53 Å². The van der Waals surface area contributed by atoms with Gasteiger partial charge in [-0.3, -0.25) is 4.79 Å². The summed E-state index contributed by atoms with van der Waals surface area (Å²) in [5.41, 5.74) is 1.38. The average molecular weight is 300 g/mol. The minimum Gasteiger partial charge on any atom is -0.467 e. The number of nitriles is 1. The molecule has 0 saturated heterocycles. The summed E-state index contributed by atoms with van der Waals surface area (Å²) in [6.45, 7) is 1.57. The highest BCUT2D eigenvalue weighted by Gasteiger charge is 2.16. The van der Waals surface area contributed by atoms with Gasteiger partial charge in [0.1, 0.15) is 6.04 Å². The Labute approximate surface area is 130 Å². The van der Waals surface area contributed by atoms with E-state index in [1.54, 1.807) is 25.1 Å². The van der Waals surface area contributed by atoms with Crippen LogP contribution in [0.25, 0.3) is 6.08 Å². The third-order valence-corrected chi connectivity index (χ3v) is 3.02. The molecule has 0 fully saturated rings. The zero-order chi connectivity index (χ0) is 16.4. The van der Waals surface area contributed by atoms with Crippen LogP contribution in [-0.4, -0.2) is 25.0 Å². The van der Waals surface area contributed by atoms with Crippen molar-refractivity contribution in [3.63, 3.8) is 0 Å². The van der Waals surface area contributed by atoms with Crippen LogP contribution < -0.4 is 5.32 Å². The Morgan fingerprint density at radius 1 is 1.45 bits per heavy atom. The minimum atomic E-state index is -0.692. The van der Waals surface area contributed by atoms with Gasteiger partial charge in [0, 0.05) is 12.0 Å². The zero-order valence-electron chi connectivity index (χ0n) is 12.8. The van der Waals surface area contributed by atoms with Crippen LogP contribution >= 0.6 is 0 Å². The van der Waals surface area contributed by atoms with Crippen molar-refractivity contribution in [3.8, 4) is 6.07 Å².